The van der Waals surface area contributed by atoms with Crippen molar-refractivity contribution < 1.29 is 26.7 Å². The van der Waals surface area contributed by atoms with Gasteiger partial charge in [0.25, 0.3) is 5.91 Å². The van der Waals surface area contributed by atoms with Gasteiger partial charge in [-0.2, -0.15) is 18.3 Å². The Morgan fingerprint density at radius 1 is 0.865 bits per heavy atom. The summed E-state index contributed by atoms with van der Waals surface area (Å²) in [5.41, 5.74) is 1.38. The summed E-state index contributed by atoms with van der Waals surface area (Å²) in [6.45, 7) is 0. The predicted molar refractivity (Wildman–Crippen MR) is 130 cm³/mol. The second-order valence-electron chi connectivity index (χ2n) is 8.34. The van der Waals surface area contributed by atoms with E-state index in [9.17, 15) is 26.7 Å². The summed E-state index contributed by atoms with van der Waals surface area (Å²) in [5, 5.41) is 8.78. The van der Waals surface area contributed by atoms with Crippen LogP contribution in [-0.2, 0) is 11.0 Å². The lowest BCUT2D eigenvalue weighted by Crippen LogP contribution is -2.48. The third-order valence-corrected chi connectivity index (χ3v) is 5.87. The van der Waals surface area contributed by atoms with Gasteiger partial charge in [-0.3, -0.25) is 4.79 Å². The summed E-state index contributed by atoms with van der Waals surface area (Å²) in [5.74, 6) is -2.05. The Kier molecular flexibility index (Phi) is 6.20. The lowest BCUT2D eigenvalue weighted by atomic mass is 10.00. The van der Waals surface area contributed by atoms with Gasteiger partial charge >= 0.3 is 6.18 Å². The number of halogens is 5. The Hall–Kier alpha value is -4.53. The molecule has 4 nitrogen and oxygen atoms in total. The van der Waals surface area contributed by atoms with Crippen molar-refractivity contribution >= 4 is 22.9 Å². The van der Waals surface area contributed by atoms with Crippen molar-refractivity contribution in [2.45, 2.75) is 12.3 Å². The lowest BCUT2D eigenvalue weighted by Gasteiger charge is -2.33. The van der Waals surface area contributed by atoms with Gasteiger partial charge in [0.2, 0.25) is 0 Å². The predicted octanol–water partition coefficient (Wildman–Crippen LogP) is 6.14. The van der Waals surface area contributed by atoms with Crippen molar-refractivity contribution in [1.82, 2.24) is 10.3 Å². The van der Waals surface area contributed by atoms with Crippen molar-refractivity contribution in [3.8, 4) is 0 Å². The smallest absolute Gasteiger partial charge is 0.360 e. The Morgan fingerprint density at radius 2 is 1.59 bits per heavy atom. The van der Waals surface area contributed by atoms with Gasteiger partial charge in [0.1, 0.15) is 17.8 Å². The molecule has 0 spiro atoms. The van der Waals surface area contributed by atoms with E-state index in [2.05, 4.69) is 10.4 Å². The highest BCUT2D eigenvalue weighted by Crippen LogP contribution is 2.31. The maximum Gasteiger partial charge on any atom is 0.416 e. The van der Waals surface area contributed by atoms with Gasteiger partial charge in [0.05, 0.1) is 11.3 Å². The number of fused-ring (bicyclic) bond motifs is 1. The fourth-order valence-electron chi connectivity index (χ4n) is 4.03. The second-order valence-corrected chi connectivity index (χ2v) is 8.34. The molecule has 2 aliphatic heterocycles. The molecule has 9 heteroatoms. The first-order valence-electron chi connectivity index (χ1n) is 11.2. The zero-order valence-corrected chi connectivity index (χ0v) is 19.0. The zero-order chi connectivity index (χ0) is 26.2. The third-order valence-electron chi connectivity index (χ3n) is 5.87. The largest absolute Gasteiger partial charge is 0.416 e. The minimum Gasteiger partial charge on any atom is -0.360 e. The summed E-state index contributed by atoms with van der Waals surface area (Å²) in [6.07, 6.45) is 0.614. The molecule has 186 valence electrons. The number of hydrogen-bond donors (Lipinski definition) is 1. The van der Waals surface area contributed by atoms with Crippen molar-refractivity contribution in [1.29, 1.82) is 0 Å². The molecular weight excluding hydrogens is 489 g/mol. The summed E-state index contributed by atoms with van der Waals surface area (Å²) in [4.78, 5) is 13.2. The van der Waals surface area contributed by atoms with Crippen molar-refractivity contribution in [2.24, 2.45) is 5.10 Å². The fraction of sp³-hybridized carbons (Fsp3) is 0.0714. The third kappa shape index (κ3) is 5.06. The number of allylic oxidation sites excluding steroid dienone is 3. The number of hydrazone groups is 1. The molecule has 0 bridgehead atoms. The van der Waals surface area contributed by atoms with E-state index in [0.717, 1.165) is 24.3 Å². The normalized spacial score (nSPS) is 17.6. The van der Waals surface area contributed by atoms with E-state index in [-0.39, 0.29) is 11.3 Å². The molecule has 0 aliphatic carbocycles. The van der Waals surface area contributed by atoms with Crippen LogP contribution in [-0.4, -0.2) is 22.8 Å². The van der Waals surface area contributed by atoms with Crippen LogP contribution in [0.25, 0.3) is 11.3 Å². The number of carbonyl (C=O) groups excluding carboxylic acids is 1. The first kappa shape index (κ1) is 24.2. The highest BCUT2D eigenvalue weighted by molar-refractivity contribution is 6.11. The molecule has 0 radical (unpaired) electrons. The van der Waals surface area contributed by atoms with Crippen LogP contribution in [0.4, 0.5) is 22.0 Å². The maximum atomic E-state index is 14.7. The summed E-state index contributed by atoms with van der Waals surface area (Å²) < 4.78 is 67.3. The molecule has 0 aromatic heterocycles. The Labute approximate surface area is 208 Å². The SMILES string of the molecule is O=C1C=C(c2ccc(C(F)(F)F)cc2)NC2C=C(c3ccc(F)cc3F)C=CC(c3ccccc3)=NN12. The van der Waals surface area contributed by atoms with E-state index in [1.165, 1.54) is 29.3 Å². The molecule has 0 fully saturated rings. The number of amides is 1. The molecule has 3 aromatic carbocycles. The zero-order valence-electron chi connectivity index (χ0n) is 19.0. The van der Waals surface area contributed by atoms with E-state index in [1.807, 2.05) is 6.07 Å². The van der Waals surface area contributed by atoms with Gasteiger partial charge in [-0.05, 0) is 47.6 Å². The number of carbonyl (C=O) groups is 1. The van der Waals surface area contributed by atoms with E-state index < -0.39 is 35.4 Å². The first-order valence-corrected chi connectivity index (χ1v) is 11.2. The van der Waals surface area contributed by atoms with Crippen LogP contribution in [0.2, 0.25) is 0 Å². The van der Waals surface area contributed by atoms with E-state index >= 15 is 0 Å². The lowest BCUT2D eigenvalue weighted by molar-refractivity contribution is -0.137. The van der Waals surface area contributed by atoms with Crippen molar-refractivity contribution in [3.05, 3.63) is 131 Å². The molecule has 37 heavy (non-hydrogen) atoms. The topological polar surface area (TPSA) is 44.7 Å². The van der Waals surface area contributed by atoms with Gasteiger partial charge in [-0.15, -0.1) is 0 Å². The average molecular weight is 507 g/mol. The minimum absolute atomic E-state index is 0.104. The quantitative estimate of drug-likeness (QED) is 0.433. The van der Waals surface area contributed by atoms with Gasteiger partial charge in [-0.25, -0.2) is 13.8 Å². The van der Waals surface area contributed by atoms with Gasteiger partial charge in [0.15, 0.2) is 0 Å². The van der Waals surface area contributed by atoms with Gasteiger partial charge < -0.3 is 5.32 Å². The molecule has 2 aliphatic rings. The standard InChI is InChI=1S/C28H18F5N3O/c29-21-11-12-22(23(30)15-21)19-8-13-24(17-4-2-1-3-5-17)35-36-26(14-19)34-25(16-27(36)37)18-6-9-20(10-7-18)28(31,32)33/h1-16,26,34H. The molecule has 1 amide bonds. The molecule has 0 saturated heterocycles. The number of nitrogens with zero attached hydrogens (tertiary/aromatic N) is 2. The average Bonchev–Trinajstić information content (AvgIpc) is 2.85. The maximum absolute atomic E-state index is 14.7. The van der Waals surface area contributed by atoms with E-state index in [1.54, 1.807) is 42.5 Å². The van der Waals surface area contributed by atoms with Crippen molar-refractivity contribution in [2.75, 3.05) is 0 Å². The molecule has 0 saturated carbocycles. The molecule has 2 heterocycles. The molecular formula is C28H18F5N3O. The van der Waals surface area contributed by atoms with Crippen LogP contribution in [0.15, 0.2) is 102 Å². The van der Waals surface area contributed by atoms with E-state index in [0.29, 0.717) is 22.4 Å². The Bertz CT molecular complexity index is 1470. The van der Waals surface area contributed by atoms with Crippen molar-refractivity contribution in [3.63, 3.8) is 0 Å². The van der Waals surface area contributed by atoms with Gasteiger partial charge in [0, 0.05) is 29.0 Å². The minimum atomic E-state index is -4.50. The summed E-state index contributed by atoms with van der Waals surface area (Å²) in [6, 6.07) is 16.6. The molecule has 1 N–H and O–H groups in total. The van der Waals surface area contributed by atoms with Crippen LogP contribution in [0.1, 0.15) is 22.3 Å². The second kappa shape index (κ2) is 9.50. The first-order chi connectivity index (χ1) is 17.7. The van der Waals surface area contributed by atoms with Crippen LogP contribution < -0.4 is 5.32 Å². The monoisotopic (exact) mass is 507 g/mol. The number of benzene rings is 3. The van der Waals surface area contributed by atoms with Crippen LogP contribution in [0, 0.1) is 11.6 Å². The number of nitrogens with one attached hydrogen (secondary N) is 1. The number of hydrogen-bond acceptors (Lipinski definition) is 3. The number of alkyl halides is 3. The van der Waals surface area contributed by atoms with Crippen LogP contribution in [0.3, 0.4) is 0 Å². The molecule has 3 aromatic rings. The summed E-state index contributed by atoms with van der Waals surface area (Å²) >= 11 is 0. The molecule has 5 rings (SSSR count). The highest BCUT2D eigenvalue weighted by atomic mass is 19.4. The fourth-order valence-corrected chi connectivity index (χ4v) is 4.03. The van der Waals surface area contributed by atoms with Crippen LogP contribution >= 0.6 is 0 Å². The Morgan fingerprint density at radius 3 is 2.27 bits per heavy atom. The van der Waals surface area contributed by atoms with Gasteiger partial charge in [-0.1, -0.05) is 48.5 Å². The van der Waals surface area contributed by atoms with E-state index in [4.69, 9.17) is 0 Å². The Balaban J connectivity index is 1.60. The van der Waals surface area contributed by atoms with Crippen LogP contribution in [0.5, 0.6) is 0 Å². The summed E-state index contributed by atoms with van der Waals surface area (Å²) in [7, 11) is 0. The highest BCUT2D eigenvalue weighted by Gasteiger charge is 2.32. The number of rotatable bonds is 3. The molecule has 1 unspecified atom stereocenters. The molecule has 1 atom stereocenters.